The van der Waals surface area contributed by atoms with Gasteiger partial charge in [0.1, 0.15) is 5.75 Å². The molecule has 3 aromatic carbocycles. The van der Waals surface area contributed by atoms with Crippen molar-refractivity contribution >= 4 is 68.3 Å². The number of hydrogen-bond acceptors (Lipinski definition) is 10. The summed E-state index contributed by atoms with van der Waals surface area (Å²) in [6.07, 6.45) is 0. The zero-order valence-corrected chi connectivity index (χ0v) is 23.2. The Bertz CT molecular complexity index is 1590. The normalized spacial score (nSPS) is 10.9. The van der Waals surface area contributed by atoms with E-state index in [0.717, 1.165) is 20.1 Å². The number of aromatic nitrogens is 5. The molecule has 10 nitrogen and oxygen atoms in total. The van der Waals surface area contributed by atoms with Crippen molar-refractivity contribution in [2.45, 2.75) is 16.0 Å². The third kappa shape index (κ3) is 7.13. The van der Waals surface area contributed by atoms with E-state index < -0.39 is 0 Å². The van der Waals surface area contributed by atoms with E-state index in [1.165, 1.54) is 34.9 Å². The van der Waals surface area contributed by atoms with Crippen molar-refractivity contribution in [1.82, 2.24) is 25.2 Å². The molecule has 5 rings (SSSR count). The summed E-state index contributed by atoms with van der Waals surface area (Å²) >= 11 is 4.10. The van der Waals surface area contributed by atoms with Gasteiger partial charge in [0.2, 0.25) is 17.0 Å². The molecule has 0 aliphatic rings. The first-order valence-electron chi connectivity index (χ1n) is 11.8. The average Bonchev–Trinajstić information content (AvgIpc) is 3.57. The number of amides is 2. The Kier molecular flexibility index (Phi) is 8.71. The van der Waals surface area contributed by atoms with Crippen LogP contribution in [0.2, 0.25) is 0 Å². The molecule has 0 atom stereocenters. The van der Waals surface area contributed by atoms with Gasteiger partial charge in [0.25, 0.3) is 0 Å². The Balaban J connectivity index is 1.13. The number of tetrazole rings is 1. The summed E-state index contributed by atoms with van der Waals surface area (Å²) < 4.78 is 8.63. The number of benzene rings is 3. The van der Waals surface area contributed by atoms with Crippen molar-refractivity contribution < 1.29 is 14.3 Å². The first-order valence-corrected chi connectivity index (χ1v) is 14.5. The number of rotatable bonds is 11. The summed E-state index contributed by atoms with van der Waals surface area (Å²) in [5, 5.41) is 18.2. The lowest BCUT2D eigenvalue weighted by atomic mass is 10.2. The fourth-order valence-corrected chi connectivity index (χ4v) is 6.17. The van der Waals surface area contributed by atoms with E-state index in [1.807, 2.05) is 60.7 Å². The highest BCUT2D eigenvalue weighted by atomic mass is 32.2. The predicted octanol–water partition coefficient (Wildman–Crippen LogP) is 4.80. The number of para-hydroxylation sites is 2. The average molecular weight is 578 g/mol. The maximum absolute atomic E-state index is 12.6. The molecule has 39 heavy (non-hydrogen) atoms. The van der Waals surface area contributed by atoms with Gasteiger partial charge in [-0.1, -0.05) is 66.0 Å². The van der Waals surface area contributed by atoms with Gasteiger partial charge >= 0.3 is 0 Å². The maximum Gasteiger partial charge on any atom is 0.234 e. The summed E-state index contributed by atoms with van der Waals surface area (Å²) in [4.78, 5) is 29.6. The van der Waals surface area contributed by atoms with Gasteiger partial charge in [-0.2, -0.15) is 0 Å². The summed E-state index contributed by atoms with van der Waals surface area (Å²) in [6, 6.07) is 22.7. The Labute approximate surface area is 236 Å². The van der Waals surface area contributed by atoms with Crippen LogP contribution in [0, 0.1) is 0 Å². The molecule has 2 aromatic heterocycles. The van der Waals surface area contributed by atoms with Gasteiger partial charge in [-0.3, -0.25) is 9.59 Å². The molecule has 2 heterocycles. The topological polar surface area (TPSA) is 124 Å². The first-order chi connectivity index (χ1) is 19.1. The lowest BCUT2D eigenvalue weighted by Gasteiger charge is -2.09. The van der Waals surface area contributed by atoms with E-state index >= 15 is 0 Å². The number of anilines is 2. The van der Waals surface area contributed by atoms with Gasteiger partial charge < -0.3 is 15.4 Å². The quantitative estimate of drug-likeness (QED) is 0.213. The smallest absolute Gasteiger partial charge is 0.234 e. The first kappa shape index (κ1) is 26.7. The molecule has 0 fully saturated rings. The molecule has 13 heteroatoms. The van der Waals surface area contributed by atoms with Crippen LogP contribution in [0.3, 0.4) is 0 Å². The number of nitrogens with one attached hydrogen (secondary N) is 2. The van der Waals surface area contributed by atoms with Crippen LogP contribution in [0.15, 0.2) is 82.3 Å². The van der Waals surface area contributed by atoms with Gasteiger partial charge in [-0.15, -0.1) is 16.4 Å². The standard InChI is InChI=1S/C26H23N7O3S3/c1-36-21-10-6-5-9-19(21)28-24(35)16-38-26-29-20-12-11-18(13-22(20)39-26)27-23(34)15-37-25-30-31-32-33(25)14-17-7-3-2-4-8-17/h2-13H,14-16H2,1H3,(H,27,34)(H,28,35). The highest BCUT2D eigenvalue weighted by molar-refractivity contribution is 8.01. The van der Waals surface area contributed by atoms with Crippen LogP contribution in [0.5, 0.6) is 5.75 Å². The molecule has 0 spiro atoms. The number of carbonyl (C=O) groups excluding carboxylic acids is 2. The summed E-state index contributed by atoms with van der Waals surface area (Å²) in [5.41, 5.74) is 3.18. The van der Waals surface area contributed by atoms with Gasteiger partial charge in [-0.25, -0.2) is 9.67 Å². The van der Waals surface area contributed by atoms with E-state index in [1.54, 1.807) is 23.9 Å². The molecule has 0 saturated heterocycles. The second-order valence-electron chi connectivity index (χ2n) is 8.14. The number of thioether (sulfide) groups is 2. The van der Waals surface area contributed by atoms with E-state index in [9.17, 15) is 9.59 Å². The highest BCUT2D eigenvalue weighted by Crippen LogP contribution is 2.32. The molecular formula is C26H23N7O3S3. The van der Waals surface area contributed by atoms with Crippen LogP contribution in [0.4, 0.5) is 11.4 Å². The van der Waals surface area contributed by atoms with Crippen molar-refractivity contribution in [1.29, 1.82) is 0 Å². The third-order valence-corrected chi connectivity index (χ3v) is 8.49. The summed E-state index contributed by atoms with van der Waals surface area (Å²) in [5.74, 6) is 0.667. The Morgan fingerprint density at radius 1 is 0.949 bits per heavy atom. The number of nitrogens with zero attached hydrogens (tertiary/aromatic N) is 5. The molecule has 0 aliphatic heterocycles. The highest BCUT2D eigenvalue weighted by Gasteiger charge is 2.13. The zero-order valence-electron chi connectivity index (χ0n) is 20.7. The van der Waals surface area contributed by atoms with Crippen LogP contribution >= 0.6 is 34.9 Å². The molecular weight excluding hydrogens is 555 g/mol. The molecule has 0 bridgehead atoms. The number of thiazole rings is 1. The van der Waals surface area contributed by atoms with Crippen molar-refractivity contribution in [2.24, 2.45) is 0 Å². The van der Waals surface area contributed by atoms with E-state index in [2.05, 4.69) is 31.1 Å². The van der Waals surface area contributed by atoms with Crippen LogP contribution in [0.1, 0.15) is 5.56 Å². The Hall–Kier alpha value is -3.94. The lowest BCUT2D eigenvalue weighted by molar-refractivity contribution is -0.114. The van der Waals surface area contributed by atoms with Gasteiger partial charge in [-0.05, 0) is 46.3 Å². The van der Waals surface area contributed by atoms with Gasteiger partial charge in [0, 0.05) is 5.69 Å². The van der Waals surface area contributed by atoms with E-state index in [4.69, 9.17) is 4.74 Å². The summed E-state index contributed by atoms with van der Waals surface area (Å²) in [6.45, 7) is 0.530. The molecule has 0 radical (unpaired) electrons. The minimum atomic E-state index is -0.166. The molecule has 5 aromatic rings. The molecule has 198 valence electrons. The van der Waals surface area contributed by atoms with Crippen LogP contribution in [0.25, 0.3) is 10.2 Å². The fraction of sp³-hybridized carbons (Fsp3) is 0.154. The van der Waals surface area contributed by atoms with Crippen molar-refractivity contribution in [2.75, 3.05) is 29.2 Å². The fourth-order valence-electron chi connectivity index (χ4n) is 3.59. The number of ether oxygens (including phenoxy) is 1. The second-order valence-corrected chi connectivity index (χ2v) is 11.3. The van der Waals surface area contributed by atoms with E-state index in [0.29, 0.717) is 28.8 Å². The summed E-state index contributed by atoms with van der Waals surface area (Å²) in [7, 11) is 1.56. The van der Waals surface area contributed by atoms with E-state index in [-0.39, 0.29) is 23.3 Å². The molecule has 0 aliphatic carbocycles. The molecule has 0 saturated carbocycles. The Morgan fingerprint density at radius 2 is 1.72 bits per heavy atom. The SMILES string of the molecule is COc1ccccc1NC(=O)CSc1nc2ccc(NC(=O)CSc3nnnn3Cc3ccccc3)cc2s1. The van der Waals surface area contributed by atoms with Crippen LogP contribution < -0.4 is 15.4 Å². The van der Waals surface area contributed by atoms with Gasteiger partial charge in [0.05, 0.1) is 41.1 Å². The lowest BCUT2D eigenvalue weighted by Crippen LogP contribution is -2.14. The maximum atomic E-state index is 12.6. The monoisotopic (exact) mass is 577 g/mol. The van der Waals surface area contributed by atoms with Crippen molar-refractivity contribution in [3.8, 4) is 5.75 Å². The zero-order chi connectivity index (χ0) is 27.0. The molecule has 2 N–H and O–H groups in total. The van der Waals surface area contributed by atoms with Crippen LogP contribution in [-0.2, 0) is 16.1 Å². The minimum Gasteiger partial charge on any atom is -0.495 e. The number of hydrogen-bond donors (Lipinski definition) is 2. The Morgan fingerprint density at radius 3 is 2.56 bits per heavy atom. The number of fused-ring (bicyclic) bond motifs is 1. The van der Waals surface area contributed by atoms with Crippen molar-refractivity contribution in [3.63, 3.8) is 0 Å². The predicted molar refractivity (Wildman–Crippen MR) is 155 cm³/mol. The van der Waals surface area contributed by atoms with Gasteiger partial charge in [0.15, 0.2) is 4.34 Å². The molecule has 0 unspecified atom stereocenters. The third-order valence-electron chi connectivity index (χ3n) is 5.37. The largest absolute Gasteiger partial charge is 0.495 e. The van der Waals surface area contributed by atoms with Crippen LogP contribution in [-0.4, -0.2) is 55.6 Å². The molecule has 2 amide bonds. The van der Waals surface area contributed by atoms with Crippen molar-refractivity contribution in [3.05, 3.63) is 78.4 Å². The number of methoxy groups -OCH3 is 1. The number of carbonyl (C=O) groups is 2. The second kappa shape index (κ2) is 12.7. The minimum absolute atomic E-state index is 0.149.